The number of rotatable bonds is 3. The Hall–Kier alpha value is -2.68. The first-order chi connectivity index (χ1) is 16.6. The molecule has 1 fully saturated rings. The van der Waals surface area contributed by atoms with Crippen molar-refractivity contribution < 1.29 is 18.0 Å². The van der Waals surface area contributed by atoms with Gasteiger partial charge in [-0.05, 0) is 55.0 Å². The third kappa shape index (κ3) is 4.62. The average molecular weight is 503 g/mol. The van der Waals surface area contributed by atoms with E-state index in [1.807, 2.05) is 0 Å². The number of fused-ring (bicyclic) bond motifs is 3. The second-order valence-electron chi connectivity index (χ2n) is 9.95. The van der Waals surface area contributed by atoms with Crippen molar-refractivity contribution in [1.29, 1.82) is 0 Å². The average Bonchev–Trinajstić information content (AvgIpc) is 3.20. The summed E-state index contributed by atoms with van der Waals surface area (Å²) in [6.07, 6.45) is -1.12. The number of hydrogen-bond donors (Lipinski definition) is 0. The predicted molar refractivity (Wildman–Crippen MR) is 132 cm³/mol. The van der Waals surface area contributed by atoms with Crippen LogP contribution in [0.2, 0.25) is 0 Å². The molecule has 0 bridgehead atoms. The van der Waals surface area contributed by atoms with Gasteiger partial charge in [-0.2, -0.15) is 13.2 Å². The smallest absolute Gasteiger partial charge is 0.352 e. The molecule has 0 saturated carbocycles. The highest BCUT2D eigenvalue weighted by Gasteiger charge is 2.32. The highest BCUT2D eigenvalue weighted by molar-refractivity contribution is 7.19. The zero-order chi connectivity index (χ0) is 24.9. The molecular formula is C26H29F3N4OS. The van der Waals surface area contributed by atoms with Crippen LogP contribution >= 0.6 is 11.3 Å². The zero-order valence-electron chi connectivity index (χ0n) is 20.2. The van der Waals surface area contributed by atoms with Gasteiger partial charge in [0.1, 0.15) is 16.5 Å². The van der Waals surface area contributed by atoms with E-state index in [1.54, 1.807) is 16.2 Å². The highest BCUT2D eigenvalue weighted by atomic mass is 32.1. The summed E-state index contributed by atoms with van der Waals surface area (Å²) in [6.45, 7) is 8.72. The van der Waals surface area contributed by atoms with Crippen LogP contribution in [0.25, 0.3) is 10.2 Å². The van der Waals surface area contributed by atoms with E-state index in [0.29, 0.717) is 32.1 Å². The minimum atomic E-state index is -4.41. The van der Waals surface area contributed by atoms with E-state index < -0.39 is 11.7 Å². The summed E-state index contributed by atoms with van der Waals surface area (Å²) < 4.78 is 38.6. The van der Waals surface area contributed by atoms with Crippen molar-refractivity contribution >= 4 is 33.3 Å². The highest BCUT2D eigenvalue weighted by Crippen LogP contribution is 2.41. The van der Waals surface area contributed by atoms with E-state index in [-0.39, 0.29) is 17.4 Å². The monoisotopic (exact) mass is 502 g/mol. The van der Waals surface area contributed by atoms with Gasteiger partial charge in [0.05, 0.1) is 10.9 Å². The lowest BCUT2D eigenvalue weighted by Gasteiger charge is -2.36. The predicted octanol–water partition coefficient (Wildman–Crippen LogP) is 5.92. The molecule has 2 aliphatic rings. The molecule has 5 rings (SSSR count). The maximum absolute atomic E-state index is 12.9. The van der Waals surface area contributed by atoms with Crippen molar-refractivity contribution in [2.45, 2.75) is 52.1 Å². The van der Waals surface area contributed by atoms with E-state index in [4.69, 9.17) is 9.97 Å². The van der Waals surface area contributed by atoms with Gasteiger partial charge in [-0.15, -0.1) is 11.3 Å². The number of alkyl halides is 3. The van der Waals surface area contributed by atoms with Crippen LogP contribution in [0.3, 0.4) is 0 Å². The molecule has 1 aromatic carbocycles. The first kappa shape index (κ1) is 24.0. The van der Waals surface area contributed by atoms with Crippen LogP contribution < -0.4 is 4.90 Å². The SMILES string of the molecule is CC1CCc2c(sc3nc(C(C)C)nc(N4CCN(C(=O)c5ccc(C(F)(F)F)cc5)CC4)c23)C1. The molecule has 3 heterocycles. The molecule has 0 N–H and O–H groups in total. The maximum atomic E-state index is 12.9. The number of amides is 1. The molecule has 3 aromatic rings. The van der Waals surface area contributed by atoms with Gasteiger partial charge in [-0.1, -0.05) is 20.8 Å². The summed E-state index contributed by atoms with van der Waals surface area (Å²) in [6, 6.07) is 4.46. The Kier molecular flexibility index (Phi) is 6.23. The number of thiophene rings is 1. The lowest BCUT2D eigenvalue weighted by atomic mass is 9.89. The number of benzene rings is 1. The summed E-state index contributed by atoms with van der Waals surface area (Å²) in [5.41, 5.74) is 0.914. The van der Waals surface area contributed by atoms with Crippen LogP contribution in [-0.2, 0) is 19.0 Å². The lowest BCUT2D eigenvalue weighted by molar-refractivity contribution is -0.137. The van der Waals surface area contributed by atoms with E-state index in [9.17, 15) is 18.0 Å². The van der Waals surface area contributed by atoms with Gasteiger partial charge >= 0.3 is 6.18 Å². The summed E-state index contributed by atoms with van der Waals surface area (Å²) >= 11 is 1.80. The van der Waals surface area contributed by atoms with Crippen LogP contribution in [0, 0.1) is 5.92 Å². The molecular weight excluding hydrogens is 473 g/mol. The molecule has 1 saturated heterocycles. The van der Waals surface area contributed by atoms with Crippen LogP contribution in [0.4, 0.5) is 19.0 Å². The van der Waals surface area contributed by atoms with Gasteiger partial charge in [0, 0.05) is 42.5 Å². The molecule has 2 aromatic heterocycles. The van der Waals surface area contributed by atoms with E-state index in [2.05, 4.69) is 25.7 Å². The second kappa shape index (κ2) is 9.08. The topological polar surface area (TPSA) is 49.3 Å². The molecule has 1 atom stereocenters. The largest absolute Gasteiger partial charge is 0.416 e. The number of anilines is 1. The second-order valence-corrected chi connectivity index (χ2v) is 11.0. The molecule has 1 aliphatic carbocycles. The third-order valence-electron chi connectivity index (χ3n) is 7.00. The Morgan fingerprint density at radius 1 is 1.09 bits per heavy atom. The van der Waals surface area contributed by atoms with Crippen molar-refractivity contribution in [3.05, 3.63) is 51.7 Å². The third-order valence-corrected chi connectivity index (χ3v) is 8.14. The van der Waals surface area contributed by atoms with Gasteiger partial charge in [-0.3, -0.25) is 4.79 Å². The molecule has 1 aliphatic heterocycles. The van der Waals surface area contributed by atoms with E-state index in [1.165, 1.54) is 34.4 Å². The Bertz CT molecular complexity index is 1240. The number of halogens is 3. The van der Waals surface area contributed by atoms with E-state index in [0.717, 1.165) is 41.4 Å². The van der Waals surface area contributed by atoms with Gasteiger partial charge in [0.25, 0.3) is 5.91 Å². The Morgan fingerprint density at radius 3 is 2.40 bits per heavy atom. The maximum Gasteiger partial charge on any atom is 0.416 e. The van der Waals surface area contributed by atoms with Gasteiger partial charge in [-0.25, -0.2) is 9.97 Å². The van der Waals surface area contributed by atoms with Crippen molar-refractivity contribution in [3.8, 4) is 0 Å². The molecule has 35 heavy (non-hydrogen) atoms. The van der Waals surface area contributed by atoms with Crippen molar-refractivity contribution in [2.24, 2.45) is 5.92 Å². The Balaban J connectivity index is 1.38. The van der Waals surface area contributed by atoms with Gasteiger partial charge in [0.2, 0.25) is 0 Å². The Morgan fingerprint density at radius 2 is 1.77 bits per heavy atom. The normalized spacial score (nSPS) is 18.9. The number of aryl methyl sites for hydroxylation is 1. The molecule has 1 amide bonds. The summed E-state index contributed by atoms with van der Waals surface area (Å²) in [7, 11) is 0. The summed E-state index contributed by atoms with van der Waals surface area (Å²) in [4.78, 5) is 29.3. The van der Waals surface area contributed by atoms with Crippen LogP contribution in [-0.4, -0.2) is 47.0 Å². The van der Waals surface area contributed by atoms with Crippen LogP contribution in [0.1, 0.15) is 65.3 Å². The number of aromatic nitrogens is 2. The summed E-state index contributed by atoms with van der Waals surface area (Å²) in [5.74, 6) is 2.45. The fourth-order valence-corrected chi connectivity index (χ4v) is 6.32. The quantitative estimate of drug-likeness (QED) is 0.446. The van der Waals surface area contributed by atoms with Crippen LogP contribution in [0.15, 0.2) is 24.3 Å². The number of carbonyl (C=O) groups excluding carboxylic acids is 1. The van der Waals surface area contributed by atoms with Crippen molar-refractivity contribution in [3.63, 3.8) is 0 Å². The standard InChI is InChI=1S/C26H29F3N4OS/c1-15(2)22-30-23(21-19-9-4-16(3)14-20(19)35-24(21)31-22)32-10-12-33(13-11-32)25(34)17-5-7-18(8-6-17)26(27,28)29/h5-8,15-16H,4,9-14H2,1-3H3. The van der Waals surface area contributed by atoms with Gasteiger partial charge in [0.15, 0.2) is 0 Å². The van der Waals surface area contributed by atoms with E-state index >= 15 is 0 Å². The van der Waals surface area contributed by atoms with Crippen molar-refractivity contribution in [2.75, 3.05) is 31.1 Å². The minimum absolute atomic E-state index is 0.207. The number of carbonyl (C=O) groups is 1. The van der Waals surface area contributed by atoms with Crippen LogP contribution in [0.5, 0.6) is 0 Å². The number of piperazine rings is 1. The van der Waals surface area contributed by atoms with Gasteiger partial charge < -0.3 is 9.80 Å². The lowest BCUT2D eigenvalue weighted by Crippen LogP contribution is -2.49. The molecule has 0 radical (unpaired) electrons. The fraction of sp³-hybridized carbons (Fsp3) is 0.500. The molecule has 5 nitrogen and oxygen atoms in total. The zero-order valence-corrected chi connectivity index (χ0v) is 21.0. The molecule has 1 unspecified atom stereocenters. The molecule has 9 heteroatoms. The Labute approximate surface area is 207 Å². The fourth-order valence-electron chi connectivity index (χ4n) is 4.93. The summed E-state index contributed by atoms with van der Waals surface area (Å²) in [5, 5.41) is 1.17. The first-order valence-electron chi connectivity index (χ1n) is 12.2. The molecule has 186 valence electrons. The number of nitrogens with zero attached hydrogens (tertiary/aromatic N) is 4. The number of hydrogen-bond acceptors (Lipinski definition) is 5. The molecule has 0 spiro atoms. The van der Waals surface area contributed by atoms with Crippen molar-refractivity contribution in [1.82, 2.24) is 14.9 Å². The minimum Gasteiger partial charge on any atom is -0.352 e. The first-order valence-corrected chi connectivity index (χ1v) is 13.0.